The summed E-state index contributed by atoms with van der Waals surface area (Å²) in [5.41, 5.74) is 1.10. The average molecular weight is 424 g/mol. The fraction of sp³-hybridized carbons (Fsp3) is 0.625. The second-order valence-electron chi connectivity index (χ2n) is 10.3. The molecule has 0 unspecified atom stereocenters. The first-order chi connectivity index (χ1) is 14.6. The minimum atomic E-state index is 0.0274. The maximum atomic E-state index is 13.0. The number of thioether (sulfide) groups is 1. The van der Waals surface area contributed by atoms with Gasteiger partial charge in [-0.15, -0.1) is 0 Å². The molecule has 0 radical (unpaired) electrons. The molecule has 0 saturated heterocycles. The van der Waals surface area contributed by atoms with Crippen LogP contribution >= 0.6 is 11.8 Å². The number of fused-ring (bicyclic) bond motifs is 1. The lowest BCUT2D eigenvalue weighted by Crippen LogP contribution is -2.51. The Morgan fingerprint density at radius 3 is 2.43 bits per heavy atom. The zero-order valence-corrected chi connectivity index (χ0v) is 18.1. The Balaban J connectivity index is 1.14. The van der Waals surface area contributed by atoms with Crippen molar-refractivity contribution in [3.05, 3.63) is 34.6 Å². The van der Waals surface area contributed by atoms with Crippen molar-refractivity contribution in [2.24, 2.45) is 23.2 Å². The largest absolute Gasteiger partial charge is 0.355 e. The molecular weight excluding hydrogens is 394 g/mol. The first-order valence-corrected chi connectivity index (χ1v) is 12.5. The number of benzene rings is 1. The van der Waals surface area contributed by atoms with E-state index < -0.39 is 0 Å². The van der Waals surface area contributed by atoms with Crippen molar-refractivity contribution < 1.29 is 4.79 Å². The molecule has 5 fully saturated rings. The molecule has 1 heterocycles. The fourth-order valence-corrected chi connectivity index (χ4v) is 7.75. The molecule has 1 amide bonds. The second kappa shape index (κ2) is 7.11. The molecule has 6 heteroatoms. The standard InChI is InChI=1S/C24H29N3O2S/c28-21(25-14-24-10-15-7-16(11-24)9-17(8-15)12-24)13-30-23-26-20-4-2-1-3-19(20)22(29)27(23)18-5-6-18/h1-4,15-18H,5-14H2,(H,25,28). The van der Waals surface area contributed by atoms with Crippen LogP contribution in [0, 0.1) is 23.2 Å². The molecule has 1 N–H and O–H groups in total. The van der Waals surface area contributed by atoms with E-state index >= 15 is 0 Å². The molecule has 5 aliphatic rings. The van der Waals surface area contributed by atoms with E-state index in [1.54, 1.807) is 0 Å². The van der Waals surface area contributed by atoms with Crippen molar-refractivity contribution in [3.8, 4) is 0 Å². The summed E-state index contributed by atoms with van der Waals surface area (Å²) >= 11 is 1.41. The molecule has 5 saturated carbocycles. The van der Waals surface area contributed by atoms with Gasteiger partial charge in [0, 0.05) is 12.6 Å². The third-order valence-electron chi connectivity index (χ3n) is 7.85. The lowest BCUT2D eigenvalue weighted by Gasteiger charge is -2.56. The van der Waals surface area contributed by atoms with E-state index in [1.807, 2.05) is 28.8 Å². The number of hydrogen-bond acceptors (Lipinski definition) is 4. The molecule has 1 aromatic heterocycles. The molecule has 0 atom stereocenters. The number of carbonyl (C=O) groups excluding carboxylic acids is 1. The lowest BCUT2D eigenvalue weighted by molar-refractivity contribution is -0.120. The molecule has 1 aromatic carbocycles. The van der Waals surface area contributed by atoms with Crippen molar-refractivity contribution in [2.45, 2.75) is 62.6 Å². The SMILES string of the molecule is O=C(CSc1nc2ccccc2c(=O)n1C1CC1)NCC12CC3CC(CC(C3)C1)C2. The summed E-state index contributed by atoms with van der Waals surface area (Å²) < 4.78 is 1.82. The van der Waals surface area contributed by atoms with Crippen molar-refractivity contribution in [3.63, 3.8) is 0 Å². The van der Waals surface area contributed by atoms with Gasteiger partial charge in [-0.1, -0.05) is 23.9 Å². The molecule has 5 nitrogen and oxygen atoms in total. The van der Waals surface area contributed by atoms with E-state index in [0.29, 0.717) is 21.7 Å². The van der Waals surface area contributed by atoms with Gasteiger partial charge in [-0.3, -0.25) is 14.2 Å². The number of carbonyl (C=O) groups is 1. The topological polar surface area (TPSA) is 64.0 Å². The van der Waals surface area contributed by atoms with Gasteiger partial charge in [0.15, 0.2) is 5.16 Å². The third-order valence-corrected chi connectivity index (χ3v) is 8.80. The Morgan fingerprint density at radius 1 is 1.10 bits per heavy atom. The average Bonchev–Trinajstić information content (AvgIpc) is 3.55. The van der Waals surface area contributed by atoms with E-state index in [9.17, 15) is 9.59 Å². The summed E-state index contributed by atoms with van der Waals surface area (Å²) in [6, 6.07) is 7.75. The monoisotopic (exact) mass is 423 g/mol. The highest BCUT2D eigenvalue weighted by atomic mass is 32.2. The van der Waals surface area contributed by atoms with Crippen molar-refractivity contribution in [1.82, 2.24) is 14.9 Å². The van der Waals surface area contributed by atoms with Crippen LogP contribution in [0.3, 0.4) is 0 Å². The molecular formula is C24H29N3O2S. The van der Waals surface area contributed by atoms with E-state index in [0.717, 1.165) is 42.7 Å². The van der Waals surface area contributed by atoms with Gasteiger partial charge in [-0.05, 0) is 86.7 Å². The molecule has 4 bridgehead atoms. The normalized spacial score (nSPS) is 31.9. The maximum Gasteiger partial charge on any atom is 0.262 e. The van der Waals surface area contributed by atoms with Gasteiger partial charge in [0.25, 0.3) is 5.56 Å². The Hall–Kier alpha value is -1.82. The maximum absolute atomic E-state index is 13.0. The Bertz CT molecular complexity index is 1020. The first kappa shape index (κ1) is 18.9. The summed E-state index contributed by atoms with van der Waals surface area (Å²) in [5, 5.41) is 4.60. The quantitative estimate of drug-likeness (QED) is 0.560. The van der Waals surface area contributed by atoms with E-state index in [-0.39, 0.29) is 17.5 Å². The van der Waals surface area contributed by atoms with E-state index in [1.165, 1.54) is 50.3 Å². The van der Waals surface area contributed by atoms with Crippen LogP contribution < -0.4 is 10.9 Å². The van der Waals surface area contributed by atoms with Gasteiger partial charge >= 0.3 is 0 Å². The highest BCUT2D eigenvalue weighted by molar-refractivity contribution is 7.99. The number of hydrogen-bond donors (Lipinski definition) is 1. The van der Waals surface area contributed by atoms with Gasteiger partial charge in [0.1, 0.15) is 0 Å². The number of para-hydroxylation sites is 1. The summed E-state index contributed by atoms with van der Waals surface area (Å²) in [5.74, 6) is 3.09. The molecule has 158 valence electrons. The van der Waals surface area contributed by atoms with Gasteiger partial charge in [-0.25, -0.2) is 4.98 Å². The van der Waals surface area contributed by atoms with Crippen LogP contribution in [-0.4, -0.2) is 27.8 Å². The lowest BCUT2D eigenvalue weighted by atomic mass is 9.49. The molecule has 2 aromatic rings. The van der Waals surface area contributed by atoms with Gasteiger partial charge in [-0.2, -0.15) is 0 Å². The molecule has 30 heavy (non-hydrogen) atoms. The summed E-state index contributed by atoms with van der Waals surface area (Å²) in [6.07, 6.45) is 10.2. The van der Waals surface area contributed by atoms with E-state index in [4.69, 9.17) is 4.98 Å². The molecule has 7 rings (SSSR count). The van der Waals surface area contributed by atoms with Crippen LogP contribution in [0.5, 0.6) is 0 Å². The number of nitrogens with zero attached hydrogens (tertiary/aromatic N) is 2. The van der Waals surface area contributed by atoms with Crippen molar-refractivity contribution in [2.75, 3.05) is 12.3 Å². The van der Waals surface area contributed by atoms with Crippen molar-refractivity contribution >= 4 is 28.6 Å². The van der Waals surface area contributed by atoms with E-state index in [2.05, 4.69) is 5.32 Å². The number of aromatic nitrogens is 2. The van der Waals surface area contributed by atoms with Gasteiger partial charge in [0.2, 0.25) is 5.91 Å². The summed E-state index contributed by atoms with van der Waals surface area (Å²) in [4.78, 5) is 30.4. The van der Waals surface area contributed by atoms with Gasteiger partial charge < -0.3 is 5.32 Å². The van der Waals surface area contributed by atoms with Crippen LogP contribution in [-0.2, 0) is 4.79 Å². The predicted octanol–water partition coefficient (Wildman–Crippen LogP) is 4.16. The Kier molecular flexibility index (Phi) is 4.48. The molecule has 5 aliphatic carbocycles. The number of nitrogens with one attached hydrogen (secondary N) is 1. The zero-order chi connectivity index (χ0) is 20.3. The van der Waals surface area contributed by atoms with Crippen LogP contribution in [0.4, 0.5) is 0 Å². The predicted molar refractivity (Wildman–Crippen MR) is 119 cm³/mol. The minimum absolute atomic E-state index is 0.0274. The second-order valence-corrected chi connectivity index (χ2v) is 11.2. The summed E-state index contributed by atoms with van der Waals surface area (Å²) in [7, 11) is 0. The number of amides is 1. The van der Waals surface area contributed by atoms with Crippen molar-refractivity contribution in [1.29, 1.82) is 0 Å². The Morgan fingerprint density at radius 2 is 1.77 bits per heavy atom. The Labute approximate surface area is 181 Å². The van der Waals surface area contributed by atoms with Crippen LogP contribution in [0.2, 0.25) is 0 Å². The highest BCUT2D eigenvalue weighted by Crippen LogP contribution is 2.59. The minimum Gasteiger partial charge on any atom is -0.355 e. The fourth-order valence-electron chi connectivity index (χ4n) is 6.86. The third kappa shape index (κ3) is 3.37. The summed E-state index contributed by atoms with van der Waals surface area (Å²) in [6.45, 7) is 0.830. The number of rotatable bonds is 6. The molecule has 0 spiro atoms. The van der Waals surface area contributed by atoms with Crippen LogP contribution in [0.25, 0.3) is 10.9 Å². The van der Waals surface area contributed by atoms with Crippen LogP contribution in [0.15, 0.2) is 34.2 Å². The highest BCUT2D eigenvalue weighted by Gasteiger charge is 2.50. The first-order valence-electron chi connectivity index (χ1n) is 11.5. The van der Waals surface area contributed by atoms with Crippen LogP contribution in [0.1, 0.15) is 57.4 Å². The zero-order valence-electron chi connectivity index (χ0n) is 17.3. The molecule has 0 aliphatic heterocycles. The van der Waals surface area contributed by atoms with Gasteiger partial charge in [0.05, 0.1) is 16.7 Å². The smallest absolute Gasteiger partial charge is 0.262 e.